The van der Waals surface area contributed by atoms with Crippen LogP contribution in [0, 0.1) is 0 Å². The third-order valence-corrected chi connectivity index (χ3v) is 5.98. The van der Waals surface area contributed by atoms with Crippen molar-refractivity contribution in [3.63, 3.8) is 0 Å². The van der Waals surface area contributed by atoms with E-state index in [9.17, 15) is 5.11 Å². The lowest BCUT2D eigenvalue weighted by molar-refractivity contribution is 0.181. The molecule has 0 aromatic carbocycles. The van der Waals surface area contributed by atoms with Crippen LogP contribution in [0.25, 0.3) is 0 Å². The maximum atomic E-state index is 10.3. The number of aliphatic hydroxyl groups is 1. The average Bonchev–Trinajstić information content (AvgIpc) is 2.85. The van der Waals surface area contributed by atoms with E-state index in [1.54, 1.807) is 17.5 Å². The van der Waals surface area contributed by atoms with Gasteiger partial charge in [-0.1, -0.05) is 0 Å². The van der Waals surface area contributed by atoms with E-state index >= 15 is 0 Å². The van der Waals surface area contributed by atoms with Crippen LogP contribution in [0.15, 0.2) is 28.9 Å². The highest BCUT2D eigenvalue weighted by Crippen LogP contribution is 2.35. The Balaban J connectivity index is 1.74. The van der Waals surface area contributed by atoms with E-state index < -0.39 is 6.10 Å². The van der Waals surface area contributed by atoms with Gasteiger partial charge in [0.2, 0.25) is 0 Å². The van der Waals surface area contributed by atoms with E-state index in [1.165, 1.54) is 16.2 Å². The second-order valence-corrected chi connectivity index (χ2v) is 7.78. The van der Waals surface area contributed by atoms with Crippen molar-refractivity contribution in [2.75, 3.05) is 5.75 Å². The molecule has 3 rings (SSSR count). The molecule has 2 aromatic rings. The molecule has 1 aliphatic rings. The molecular weight excluding hydrogens is 342 g/mol. The number of aromatic nitrogens is 1. The molecule has 1 atom stereocenters. The number of hydrogen-bond acceptors (Lipinski definition) is 4. The van der Waals surface area contributed by atoms with E-state index in [2.05, 4.69) is 27.0 Å². The van der Waals surface area contributed by atoms with Crippen LogP contribution in [0.5, 0.6) is 0 Å². The SMILES string of the molecule is OC(Cc1ccc(Br)cn1)c1cc2c(s1)CCSC2. The molecular formula is C14H14BrNOS2. The number of pyridine rings is 1. The summed E-state index contributed by atoms with van der Waals surface area (Å²) >= 11 is 7.11. The van der Waals surface area contributed by atoms with Gasteiger partial charge in [-0.15, -0.1) is 11.3 Å². The predicted molar refractivity (Wildman–Crippen MR) is 84.8 cm³/mol. The van der Waals surface area contributed by atoms with Crippen molar-refractivity contribution in [3.05, 3.63) is 49.9 Å². The molecule has 0 saturated carbocycles. The normalized spacial score (nSPS) is 16.1. The summed E-state index contributed by atoms with van der Waals surface area (Å²) in [6, 6.07) is 6.09. The molecule has 3 heterocycles. The lowest BCUT2D eigenvalue weighted by atomic mass is 10.1. The Bertz CT molecular complexity index is 544. The van der Waals surface area contributed by atoms with E-state index in [-0.39, 0.29) is 0 Å². The Labute approximate surface area is 129 Å². The van der Waals surface area contributed by atoms with Crippen LogP contribution in [-0.2, 0) is 18.6 Å². The van der Waals surface area contributed by atoms with Gasteiger partial charge < -0.3 is 5.11 Å². The van der Waals surface area contributed by atoms with Crippen molar-refractivity contribution in [2.24, 2.45) is 0 Å². The number of aliphatic hydroxyl groups excluding tert-OH is 1. The van der Waals surface area contributed by atoms with Gasteiger partial charge in [0.05, 0.1) is 6.10 Å². The third-order valence-electron chi connectivity index (χ3n) is 3.17. The molecule has 0 spiro atoms. The fourth-order valence-electron chi connectivity index (χ4n) is 2.16. The summed E-state index contributed by atoms with van der Waals surface area (Å²) < 4.78 is 0.967. The molecule has 19 heavy (non-hydrogen) atoms. The molecule has 0 fully saturated rings. The molecule has 0 saturated heterocycles. The van der Waals surface area contributed by atoms with Crippen LogP contribution in [0.4, 0.5) is 0 Å². The zero-order valence-corrected chi connectivity index (χ0v) is 13.5. The highest BCUT2D eigenvalue weighted by atomic mass is 79.9. The highest BCUT2D eigenvalue weighted by molar-refractivity contribution is 9.10. The van der Waals surface area contributed by atoms with Gasteiger partial charge in [-0.25, -0.2) is 0 Å². The third kappa shape index (κ3) is 3.21. The predicted octanol–water partition coefficient (Wildman–Crippen LogP) is 3.97. The Morgan fingerprint density at radius 1 is 1.42 bits per heavy atom. The molecule has 0 radical (unpaired) electrons. The van der Waals surface area contributed by atoms with Crippen molar-refractivity contribution in [1.29, 1.82) is 0 Å². The van der Waals surface area contributed by atoms with Crippen molar-refractivity contribution < 1.29 is 5.11 Å². The summed E-state index contributed by atoms with van der Waals surface area (Å²) in [5.74, 6) is 2.30. The minimum absolute atomic E-state index is 0.436. The van der Waals surface area contributed by atoms with Crippen LogP contribution in [0.3, 0.4) is 0 Å². The molecule has 5 heteroatoms. The Kier molecular flexibility index (Phi) is 4.27. The Morgan fingerprint density at radius 2 is 2.32 bits per heavy atom. The summed E-state index contributed by atoms with van der Waals surface area (Å²) in [6.07, 6.45) is 3.07. The maximum absolute atomic E-state index is 10.3. The minimum atomic E-state index is -0.436. The second kappa shape index (κ2) is 5.95. The van der Waals surface area contributed by atoms with Crippen LogP contribution < -0.4 is 0 Å². The lowest BCUT2D eigenvalue weighted by Gasteiger charge is -2.08. The number of hydrogen-bond donors (Lipinski definition) is 1. The first-order valence-corrected chi connectivity index (χ1v) is 8.96. The molecule has 1 unspecified atom stereocenters. The van der Waals surface area contributed by atoms with E-state index in [4.69, 9.17) is 0 Å². The molecule has 100 valence electrons. The number of aryl methyl sites for hydroxylation is 1. The fourth-order valence-corrected chi connectivity index (χ4v) is 4.76. The fraction of sp³-hybridized carbons (Fsp3) is 0.357. The smallest absolute Gasteiger partial charge is 0.0937 e. The zero-order valence-electron chi connectivity index (χ0n) is 10.3. The van der Waals surface area contributed by atoms with Gasteiger partial charge >= 0.3 is 0 Å². The summed E-state index contributed by atoms with van der Waals surface area (Å²) in [7, 11) is 0. The summed E-state index contributed by atoms with van der Waals surface area (Å²) in [5, 5.41) is 10.3. The van der Waals surface area contributed by atoms with Crippen molar-refractivity contribution in [3.8, 4) is 0 Å². The molecule has 2 nitrogen and oxygen atoms in total. The van der Waals surface area contributed by atoms with Gasteiger partial charge in [-0.05, 0) is 51.9 Å². The van der Waals surface area contributed by atoms with E-state index in [0.717, 1.165) is 27.2 Å². The van der Waals surface area contributed by atoms with Crippen molar-refractivity contribution >= 4 is 39.0 Å². The molecule has 0 amide bonds. The average molecular weight is 356 g/mol. The van der Waals surface area contributed by atoms with Crippen molar-refractivity contribution in [1.82, 2.24) is 4.98 Å². The number of fused-ring (bicyclic) bond motifs is 1. The summed E-state index contributed by atoms with van der Waals surface area (Å²) in [6.45, 7) is 0. The Morgan fingerprint density at radius 3 is 3.05 bits per heavy atom. The Hall–Kier alpha value is -0.360. The molecule has 0 aliphatic carbocycles. The van der Waals surface area contributed by atoms with Crippen molar-refractivity contribution in [2.45, 2.75) is 24.7 Å². The maximum Gasteiger partial charge on any atom is 0.0937 e. The first-order valence-electron chi connectivity index (χ1n) is 6.20. The zero-order chi connectivity index (χ0) is 13.2. The summed E-state index contributed by atoms with van der Waals surface area (Å²) in [5.41, 5.74) is 2.34. The molecule has 0 bridgehead atoms. The largest absolute Gasteiger partial charge is 0.387 e. The van der Waals surface area contributed by atoms with E-state index in [1.807, 2.05) is 23.9 Å². The van der Waals surface area contributed by atoms with Crippen LogP contribution in [0.2, 0.25) is 0 Å². The lowest BCUT2D eigenvalue weighted by Crippen LogP contribution is -2.01. The van der Waals surface area contributed by atoms with Crippen LogP contribution in [-0.4, -0.2) is 15.8 Å². The van der Waals surface area contributed by atoms with Gasteiger partial charge in [-0.3, -0.25) is 4.98 Å². The monoisotopic (exact) mass is 355 g/mol. The number of rotatable bonds is 3. The standard InChI is InChI=1S/C14H14BrNOS2/c15-10-1-2-11(16-7-10)6-12(17)14-5-9-8-18-4-3-13(9)19-14/h1-2,5,7,12,17H,3-4,6,8H2. The first kappa shape index (κ1) is 13.6. The van der Waals surface area contributed by atoms with Gasteiger partial charge in [-0.2, -0.15) is 11.8 Å². The summed E-state index contributed by atoms with van der Waals surface area (Å²) in [4.78, 5) is 6.86. The number of halogens is 1. The first-order chi connectivity index (χ1) is 9.22. The molecule has 1 aliphatic heterocycles. The van der Waals surface area contributed by atoms with Gasteiger partial charge in [0.25, 0.3) is 0 Å². The van der Waals surface area contributed by atoms with Crippen LogP contribution >= 0.6 is 39.0 Å². The van der Waals surface area contributed by atoms with Crippen LogP contribution in [0.1, 0.15) is 27.1 Å². The molecule has 1 N–H and O–H groups in total. The topological polar surface area (TPSA) is 33.1 Å². The highest BCUT2D eigenvalue weighted by Gasteiger charge is 2.18. The molecule has 2 aromatic heterocycles. The quantitative estimate of drug-likeness (QED) is 0.903. The van der Waals surface area contributed by atoms with Gasteiger partial charge in [0, 0.05) is 38.3 Å². The minimum Gasteiger partial charge on any atom is -0.387 e. The number of thiophene rings is 1. The number of nitrogens with zero attached hydrogens (tertiary/aromatic N) is 1. The number of thioether (sulfide) groups is 1. The van der Waals surface area contributed by atoms with Gasteiger partial charge in [0.15, 0.2) is 0 Å². The van der Waals surface area contributed by atoms with E-state index in [0.29, 0.717) is 6.42 Å². The van der Waals surface area contributed by atoms with Gasteiger partial charge in [0.1, 0.15) is 0 Å². The second-order valence-electron chi connectivity index (χ2n) is 4.59.